The Bertz CT molecular complexity index is 483. The highest BCUT2D eigenvalue weighted by Gasteiger charge is 2.05. The number of nitrogens with zero attached hydrogens (tertiary/aromatic N) is 2. The Morgan fingerprint density at radius 1 is 1.56 bits per heavy atom. The molecule has 16 heavy (non-hydrogen) atoms. The number of rotatable bonds is 4. The van der Waals surface area contributed by atoms with E-state index in [0.717, 1.165) is 11.3 Å². The molecule has 0 spiro atoms. The van der Waals surface area contributed by atoms with Crippen molar-refractivity contribution in [3.8, 4) is 0 Å². The second-order valence-corrected chi connectivity index (χ2v) is 4.23. The van der Waals surface area contributed by atoms with E-state index in [1.807, 2.05) is 35.9 Å². The summed E-state index contributed by atoms with van der Waals surface area (Å²) >= 11 is 5.93. The zero-order chi connectivity index (χ0) is 11.5. The Kier molecular flexibility index (Phi) is 3.43. The molecule has 2 rings (SSSR count). The molecule has 0 aliphatic rings. The van der Waals surface area contributed by atoms with E-state index in [1.165, 1.54) is 0 Å². The van der Waals surface area contributed by atoms with E-state index < -0.39 is 0 Å². The van der Waals surface area contributed by atoms with Crippen LogP contribution in [0.4, 0.5) is 0 Å². The topological polar surface area (TPSA) is 49.6 Å². The number of aliphatic hydroxyl groups excluding tert-OH is 1. The quantitative estimate of drug-likeness (QED) is 0.849. The van der Waals surface area contributed by atoms with Gasteiger partial charge in [-0.2, -0.15) is 0 Å². The molecule has 2 aromatic heterocycles. The summed E-state index contributed by atoms with van der Waals surface area (Å²) in [4.78, 5) is 4.27. The molecule has 0 amide bonds. The van der Waals surface area contributed by atoms with Crippen molar-refractivity contribution in [3.63, 3.8) is 0 Å². The molecule has 0 aromatic carbocycles. The highest BCUT2D eigenvalue weighted by atomic mass is 35.5. The minimum atomic E-state index is 0.0738. The number of pyridine rings is 1. The van der Waals surface area contributed by atoms with Gasteiger partial charge in [0.15, 0.2) is 0 Å². The smallest absolute Gasteiger partial charge is 0.137 e. The summed E-state index contributed by atoms with van der Waals surface area (Å²) in [7, 11) is 0. The van der Waals surface area contributed by atoms with Crippen molar-refractivity contribution in [1.82, 2.24) is 14.7 Å². The van der Waals surface area contributed by atoms with E-state index >= 15 is 0 Å². The molecule has 0 unspecified atom stereocenters. The fourth-order valence-electron chi connectivity index (χ4n) is 1.48. The number of fused-ring (bicyclic) bond motifs is 1. The second-order valence-electron chi connectivity index (χ2n) is 3.79. The molecule has 0 saturated carbocycles. The van der Waals surface area contributed by atoms with Crippen molar-refractivity contribution in [2.75, 3.05) is 6.61 Å². The molecule has 5 heteroatoms. The van der Waals surface area contributed by atoms with Gasteiger partial charge in [0, 0.05) is 18.8 Å². The number of aromatic nitrogens is 2. The average Bonchev–Trinajstić information content (AvgIpc) is 2.68. The first-order valence-corrected chi connectivity index (χ1v) is 5.54. The lowest BCUT2D eigenvalue weighted by Crippen LogP contribution is -2.29. The molecule has 1 atom stereocenters. The van der Waals surface area contributed by atoms with E-state index in [0.29, 0.717) is 11.6 Å². The number of halogens is 1. The lowest BCUT2D eigenvalue weighted by molar-refractivity contribution is 0.250. The van der Waals surface area contributed by atoms with Gasteiger partial charge >= 0.3 is 0 Å². The van der Waals surface area contributed by atoms with Crippen molar-refractivity contribution >= 4 is 17.2 Å². The molecule has 4 nitrogen and oxygen atoms in total. The van der Waals surface area contributed by atoms with Gasteiger partial charge in [-0.25, -0.2) is 4.98 Å². The van der Waals surface area contributed by atoms with Crippen LogP contribution >= 0.6 is 11.6 Å². The third kappa shape index (κ3) is 2.35. The number of hydrogen-bond acceptors (Lipinski definition) is 3. The maximum absolute atomic E-state index is 8.91. The van der Waals surface area contributed by atoms with Gasteiger partial charge in [0.25, 0.3) is 0 Å². The van der Waals surface area contributed by atoms with Gasteiger partial charge in [-0.05, 0) is 19.1 Å². The molecular formula is C11H14ClN3O. The van der Waals surface area contributed by atoms with Crippen molar-refractivity contribution in [3.05, 3.63) is 35.2 Å². The zero-order valence-corrected chi connectivity index (χ0v) is 9.78. The second kappa shape index (κ2) is 4.82. The Hall–Kier alpha value is -1.10. The van der Waals surface area contributed by atoms with Crippen LogP contribution < -0.4 is 5.32 Å². The van der Waals surface area contributed by atoms with Crippen molar-refractivity contribution in [2.45, 2.75) is 19.5 Å². The molecule has 2 N–H and O–H groups in total. The van der Waals surface area contributed by atoms with E-state index in [2.05, 4.69) is 10.3 Å². The number of imidazole rings is 1. The zero-order valence-electron chi connectivity index (χ0n) is 9.02. The van der Waals surface area contributed by atoms with Crippen LogP contribution in [0, 0.1) is 0 Å². The number of nitrogens with one attached hydrogen (secondary N) is 1. The summed E-state index contributed by atoms with van der Waals surface area (Å²) in [5.74, 6) is 0. The molecule has 0 aliphatic heterocycles. The van der Waals surface area contributed by atoms with E-state index in [4.69, 9.17) is 16.7 Å². The van der Waals surface area contributed by atoms with Crippen LogP contribution in [-0.2, 0) is 6.54 Å². The Labute approximate surface area is 98.9 Å². The number of hydrogen-bond donors (Lipinski definition) is 2. The van der Waals surface area contributed by atoms with Crippen molar-refractivity contribution in [2.24, 2.45) is 0 Å². The van der Waals surface area contributed by atoms with Crippen LogP contribution in [0.15, 0.2) is 24.5 Å². The summed E-state index contributed by atoms with van der Waals surface area (Å²) < 4.78 is 1.94. The molecule has 0 fully saturated rings. The minimum Gasteiger partial charge on any atom is -0.395 e. The minimum absolute atomic E-state index is 0.0738. The number of aliphatic hydroxyl groups is 1. The lowest BCUT2D eigenvalue weighted by atomic mass is 10.3. The molecule has 0 bridgehead atoms. The van der Waals surface area contributed by atoms with Gasteiger partial charge in [0.05, 0.1) is 23.5 Å². The molecule has 86 valence electrons. The first-order chi connectivity index (χ1) is 7.70. The van der Waals surface area contributed by atoms with E-state index in [1.54, 1.807) is 0 Å². The molecular weight excluding hydrogens is 226 g/mol. The van der Waals surface area contributed by atoms with Gasteiger partial charge in [0.2, 0.25) is 0 Å². The first-order valence-electron chi connectivity index (χ1n) is 5.16. The van der Waals surface area contributed by atoms with Gasteiger partial charge < -0.3 is 14.8 Å². The van der Waals surface area contributed by atoms with E-state index in [-0.39, 0.29) is 12.6 Å². The van der Waals surface area contributed by atoms with Crippen molar-refractivity contribution in [1.29, 1.82) is 0 Å². The monoisotopic (exact) mass is 239 g/mol. The largest absolute Gasteiger partial charge is 0.395 e. The van der Waals surface area contributed by atoms with Crippen LogP contribution in [0.3, 0.4) is 0 Å². The van der Waals surface area contributed by atoms with Crippen LogP contribution in [-0.4, -0.2) is 27.1 Å². The third-order valence-corrected chi connectivity index (χ3v) is 2.68. The summed E-state index contributed by atoms with van der Waals surface area (Å²) in [6, 6.07) is 3.77. The maximum Gasteiger partial charge on any atom is 0.137 e. The summed E-state index contributed by atoms with van der Waals surface area (Å²) in [5, 5.41) is 12.8. The predicted molar refractivity (Wildman–Crippen MR) is 63.6 cm³/mol. The predicted octanol–water partition coefficient (Wildman–Crippen LogP) is 1.46. The Balaban J connectivity index is 2.21. The van der Waals surface area contributed by atoms with Gasteiger partial charge in [0.1, 0.15) is 5.65 Å². The highest BCUT2D eigenvalue weighted by molar-refractivity contribution is 6.30. The maximum atomic E-state index is 8.91. The summed E-state index contributed by atoms with van der Waals surface area (Å²) in [5.41, 5.74) is 1.90. The van der Waals surface area contributed by atoms with Crippen LogP contribution in [0.25, 0.3) is 5.65 Å². The van der Waals surface area contributed by atoms with Gasteiger partial charge in [-0.15, -0.1) is 0 Å². The fraction of sp³-hybridized carbons (Fsp3) is 0.364. The molecule has 0 radical (unpaired) electrons. The SMILES string of the molecule is C[C@H](CO)NCc1cnc2ccc(Cl)cn12. The van der Waals surface area contributed by atoms with Crippen molar-refractivity contribution < 1.29 is 5.11 Å². The standard InChI is InChI=1S/C11H14ClN3O/c1-8(7-16)13-4-10-5-14-11-3-2-9(12)6-15(10)11/h2-3,5-6,8,13,16H,4,7H2,1H3/t8-/m1/s1. The van der Waals surface area contributed by atoms with Crippen LogP contribution in [0.5, 0.6) is 0 Å². The Morgan fingerprint density at radius 2 is 2.38 bits per heavy atom. The first kappa shape index (κ1) is 11.4. The van der Waals surface area contributed by atoms with Crippen LogP contribution in [0.2, 0.25) is 5.02 Å². The average molecular weight is 240 g/mol. The lowest BCUT2D eigenvalue weighted by Gasteiger charge is -2.10. The normalized spacial score (nSPS) is 13.2. The van der Waals surface area contributed by atoms with Crippen LogP contribution in [0.1, 0.15) is 12.6 Å². The summed E-state index contributed by atoms with van der Waals surface area (Å²) in [6.07, 6.45) is 3.65. The highest BCUT2D eigenvalue weighted by Crippen LogP contribution is 2.12. The molecule has 2 heterocycles. The van der Waals surface area contributed by atoms with E-state index in [9.17, 15) is 0 Å². The van der Waals surface area contributed by atoms with Gasteiger partial charge in [-0.1, -0.05) is 11.6 Å². The summed E-state index contributed by atoms with van der Waals surface area (Å²) in [6.45, 7) is 2.71. The molecule has 2 aromatic rings. The third-order valence-electron chi connectivity index (χ3n) is 2.45. The molecule has 0 saturated heterocycles. The Morgan fingerprint density at radius 3 is 3.12 bits per heavy atom. The van der Waals surface area contributed by atoms with Gasteiger partial charge in [-0.3, -0.25) is 0 Å². The fourth-order valence-corrected chi connectivity index (χ4v) is 1.64. The molecule has 0 aliphatic carbocycles.